The number of hydrogen-bond donors (Lipinski definition) is 1. The van der Waals surface area contributed by atoms with Crippen molar-refractivity contribution in [2.75, 3.05) is 5.32 Å². The van der Waals surface area contributed by atoms with Crippen molar-refractivity contribution in [3.63, 3.8) is 0 Å². The van der Waals surface area contributed by atoms with Crippen molar-refractivity contribution >= 4 is 33.1 Å². The molecule has 5 aromatic rings. The molecular formula is C26H20N4O3S. The lowest BCUT2D eigenvalue weighted by Gasteiger charge is -2.12. The summed E-state index contributed by atoms with van der Waals surface area (Å²) in [6, 6.07) is 25.9. The van der Waals surface area contributed by atoms with Crippen LogP contribution in [0.1, 0.15) is 5.56 Å². The Morgan fingerprint density at radius 1 is 0.882 bits per heavy atom. The zero-order valence-electron chi connectivity index (χ0n) is 18.0. The second kappa shape index (κ2) is 9.29. The number of aromatic nitrogens is 3. The highest BCUT2D eigenvalue weighted by molar-refractivity contribution is 7.21. The molecule has 5 rings (SSSR count). The van der Waals surface area contributed by atoms with Crippen LogP contribution in [0.2, 0.25) is 0 Å². The summed E-state index contributed by atoms with van der Waals surface area (Å²) in [7, 11) is 0. The minimum atomic E-state index is -0.536. The summed E-state index contributed by atoms with van der Waals surface area (Å²) in [5.41, 5.74) is 2.09. The highest BCUT2D eigenvalue weighted by atomic mass is 32.1. The first-order valence-electron chi connectivity index (χ1n) is 10.7. The summed E-state index contributed by atoms with van der Waals surface area (Å²) in [6.45, 7) is -0.0799. The molecule has 0 aliphatic rings. The Morgan fingerprint density at radius 2 is 1.62 bits per heavy atom. The third-order valence-electron chi connectivity index (χ3n) is 5.36. The van der Waals surface area contributed by atoms with Crippen LogP contribution >= 0.6 is 11.3 Å². The average Bonchev–Trinajstić information content (AvgIpc) is 3.29. The van der Waals surface area contributed by atoms with Crippen LogP contribution in [0.15, 0.2) is 101 Å². The Labute approximate surface area is 198 Å². The molecule has 168 valence electrons. The van der Waals surface area contributed by atoms with Gasteiger partial charge in [0.2, 0.25) is 5.91 Å². The summed E-state index contributed by atoms with van der Waals surface area (Å²) in [4.78, 5) is 42.8. The maximum atomic E-state index is 12.9. The van der Waals surface area contributed by atoms with Crippen molar-refractivity contribution < 1.29 is 4.79 Å². The standard InChI is InChI=1S/C26H20N4O3S/c31-23(17-30-24(32)14-15-29(26(30)33)16-18-8-2-1-3-9-18)27-20-11-5-4-10-19(20)25-28-21-12-6-7-13-22(21)34-25/h1-15H,16-17H2,(H,27,31). The molecule has 1 amide bonds. The smallest absolute Gasteiger partial charge is 0.324 e. The lowest BCUT2D eigenvalue weighted by molar-refractivity contribution is -0.116. The molecule has 7 nitrogen and oxygen atoms in total. The summed E-state index contributed by atoms with van der Waals surface area (Å²) in [5, 5.41) is 3.62. The SMILES string of the molecule is O=C(Cn1c(=O)ccn(Cc2ccccc2)c1=O)Nc1ccccc1-c1nc2ccccc2s1. The lowest BCUT2D eigenvalue weighted by Crippen LogP contribution is -2.41. The zero-order valence-corrected chi connectivity index (χ0v) is 18.9. The van der Waals surface area contributed by atoms with Crippen molar-refractivity contribution in [1.29, 1.82) is 0 Å². The van der Waals surface area contributed by atoms with E-state index in [1.165, 1.54) is 28.2 Å². The van der Waals surface area contributed by atoms with Crippen LogP contribution in [0.5, 0.6) is 0 Å². The van der Waals surface area contributed by atoms with Gasteiger partial charge in [-0.25, -0.2) is 9.78 Å². The molecule has 0 saturated heterocycles. The molecule has 0 fully saturated rings. The number of benzene rings is 3. The molecule has 0 atom stereocenters. The average molecular weight is 469 g/mol. The van der Waals surface area contributed by atoms with Crippen LogP contribution in [0.4, 0.5) is 5.69 Å². The Morgan fingerprint density at radius 3 is 2.44 bits per heavy atom. The molecule has 0 aliphatic heterocycles. The first-order valence-corrected chi connectivity index (χ1v) is 11.5. The second-order valence-corrected chi connectivity index (χ2v) is 8.75. The zero-order chi connectivity index (χ0) is 23.5. The van der Waals surface area contributed by atoms with Crippen molar-refractivity contribution in [3.8, 4) is 10.6 Å². The largest absolute Gasteiger partial charge is 0.331 e. The van der Waals surface area contributed by atoms with Gasteiger partial charge < -0.3 is 5.32 Å². The van der Waals surface area contributed by atoms with Gasteiger partial charge in [-0.2, -0.15) is 0 Å². The fraction of sp³-hybridized carbons (Fsp3) is 0.0769. The molecule has 0 radical (unpaired) electrons. The minimum absolute atomic E-state index is 0.308. The van der Waals surface area contributed by atoms with Crippen LogP contribution in [-0.2, 0) is 17.9 Å². The maximum absolute atomic E-state index is 12.9. The molecule has 2 heterocycles. The molecule has 8 heteroatoms. The Balaban J connectivity index is 1.40. The number of para-hydroxylation sites is 2. The highest BCUT2D eigenvalue weighted by Crippen LogP contribution is 2.34. The number of amides is 1. The number of anilines is 1. The number of hydrogen-bond acceptors (Lipinski definition) is 5. The van der Waals surface area contributed by atoms with Crippen LogP contribution in [-0.4, -0.2) is 20.0 Å². The first kappa shape index (κ1) is 21.5. The molecule has 0 aliphatic carbocycles. The van der Waals surface area contributed by atoms with E-state index < -0.39 is 17.2 Å². The molecule has 0 bridgehead atoms. The van der Waals surface area contributed by atoms with Crippen LogP contribution < -0.4 is 16.6 Å². The summed E-state index contributed by atoms with van der Waals surface area (Å²) in [5.74, 6) is -0.467. The van der Waals surface area contributed by atoms with E-state index in [0.29, 0.717) is 12.2 Å². The molecule has 2 aromatic heterocycles. The highest BCUT2D eigenvalue weighted by Gasteiger charge is 2.15. The van der Waals surface area contributed by atoms with Gasteiger partial charge in [-0.05, 0) is 29.8 Å². The molecule has 1 N–H and O–H groups in total. The van der Waals surface area contributed by atoms with Crippen LogP contribution in [0.3, 0.4) is 0 Å². The topological polar surface area (TPSA) is 86.0 Å². The summed E-state index contributed by atoms with van der Waals surface area (Å²) < 4.78 is 3.41. The lowest BCUT2D eigenvalue weighted by atomic mass is 10.2. The van der Waals surface area contributed by atoms with Crippen LogP contribution in [0.25, 0.3) is 20.8 Å². The van der Waals surface area contributed by atoms with E-state index in [1.807, 2.05) is 72.8 Å². The van der Waals surface area contributed by atoms with E-state index in [9.17, 15) is 14.4 Å². The van der Waals surface area contributed by atoms with Gasteiger partial charge >= 0.3 is 5.69 Å². The number of rotatable bonds is 6. The predicted octanol–water partition coefficient (Wildman–Crippen LogP) is 3.97. The van der Waals surface area contributed by atoms with Gasteiger partial charge in [0.15, 0.2) is 0 Å². The minimum Gasteiger partial charge on any atom is -0.324 e. The summed E-state index contributed by atoms with van der Waals surface area (Å²) in [6.07, 6.45) is 1.45. The van der Waals surface area contributed by atoms with Gasteiger partial charge in [-0.3, -0.25) is 18.7 Å². The Hall–Kier alpha value is -4.30. The number of carbonyl (C=O) groups excluding carboxylic acids is 1. The van der Waals surface area contributed by atoms with Crippen molar-refractivity contribution in [1.82, 2.24) is 14.1 Å². The first-order chi connectivity index (χ1) is 16.6. The fourth-order valence-corrected chi connectivity index (χ4v) is 4.71. The predicted molar refractivity (Wildman–Crippen MR) is 134 cm³/mol. The monoisotopic (exact) mass is 468 g/mol. The van der Waals surface area contributed by atoms with Crippen molar-refractivity contribution in [2.24, 2.45) is 0 Å². The van der Waals surface area contributed by atoms with Gasteiger partial charge in [0, 0.05) is 17.8 Å². The van der Waals surface area contributed by atoms with Gasteiger partial charge in [0.1, 0.15) is 11.6 Å². The number of nitrogens with zero attached hydrogens (tertiary/aromatic N) is 3. The van der Waals surface area contributed by atoms with Gasteiger partial charge in [-0.1, -0.05) is 54.6 Å². The number of carbonyl (C=O) groups is 1. The van der Waals surface area contributed by atoms with E-state index in [2.05, 4.69) is 10.3 Å². The second-order valence-electron chi connectivity index (χ2n) is 7.72. The Kier molecular flexibility index (Phi) is 5.88. The third-order valence-corrected chi connectivity index (χ3v) is 6.43. The quantitative estimate of drug-likeness (QED) is 0.409. The fourth-order valence-electron chi connectivity index (χ4n) is 3.70. The van der Waals surface area contributed by atoms with E-state index >= 15 is 0 Å². The molecule has 0 unspecified atom stereocenters. The van der Waals surface area contributed by atoms with Gasteiger partial charge in [0.05, 0.1) is 22.4 Å². The third kappa shape index (κ3) is 4.44. The van der Waals surface area contributed by atoms with Crippen molar-refractivity contribution in [2.45, 2.75) is 13.1 Å². The van der Waals surface area contributed by atoms with E-state index in [1.54, 1.807) is 6.07 Å². The Bertz CT molecular complexity index is 1570. The van der Waals surface area contributed by atoms with Gasteiger partial charge in [-0.15, -0.1) is 11.3 Å². The van der Waals surface area contributed by atoms with Crippen molar-refractivity contribution in [3.05, 3.63) is 118 Å². The molecule has 0 spiro atoms. The summed E-state index contributed by atoms with van der Waals surface area (Å²) >= 11 is 1.53. The molecule has 34 heavy (non-hydrogen) atoms. The number of nitrogens with one attached hydrogen (secondary N) is 1. The van der Waals surface area contributed by atoms with Gasteiger partial charge in [0.25, 0.3) is 5.56 Å². The number of fused-ring (bicyclic) bond motifs is 1. The molecule has 0 saturated carbocycles. The van der Waals surface area contributed by atoms with E-state index in [0.717, 1.165) is 30.9 Å². The van der Waals surface area contributed by atoms with Crippen LogP contribution in [0, 0.1) is 0 Å². The normalized spacial score (nSPS) is 10.9. The van der Waals surface area contributed by atoms with E-state index in [-0.39, 0.29) is 6.54 Å². The maximum Gasteiger partial charge on any atom is 0.331 e. The number of thiazole rings is 1. The molecule has 3 aromatic carbocycles. The molecular weight excluding hydrogens is 448 g/mol. The van der Waals surface area contributed by atoms with E-state index in [4.69, 9.17) is 0 Å².